The van der Waals surface area contributed by atoms with E-state index in [1.807, 2.05) is 31.3 Å². The Morgan fingerprint density at radius 2 is 2.04 bits per heavy atom. The lowest BCUT2D eigenvalue weighted by atomic mass is 10.1. The maximum absolute atomic E-state index is 5.39. The number of hydrogen-bond acceptors (Lipinski definition) is 6. The monoisotopic (exact) mass is 349 g/mol. The number of nitrogens with zero attached hydrogens (tertiary/aromatic N) is 3. The number of nitrogens with one attached hydrogen (secondary N) is 2. The first-order valence-electron chi connectivity index (χ1n) is 7.39. The normalized spacial score (nSPS) is 11.8. The van der Waals surface area contributed by atoms with E-state index in [0.29, 0.717) is 18.1 Å². The zero-order valence-corrected chi connectivity index (χ0v) is 14.6. The van der Waals surface area contributed by atoms with Crippen molar-refractivity contribution in [2.24, 2.45) is 0 Å². The molecule has 2 N–H and O–H groups in total. The highest BCUT2D eigenvalue weighted by Crippen LogP contribution is 2.30. The Hall–Kier alpha value is -2.38. The molecule has 1 unspecified atom stereocenters. The fraction of sp³-hybridized carbons (Fsp3) is 0.312. The number of ether oxygens (including phenoxy) is 1. The molecule has 2 aromatic heterocycles. The second kappa shape index (κ2) is 7.94. The van der Waals surface area contributed by atoms with Gasteiger partial charge in [0.15, 0.2) is 5.82 Å². The summed E-state index contributed by atoms with van der Waals surface area (Å²) in [6.45, 7) is 2.07. The Morgan fingerprint density at radius 3 is 2.71 bits per heavy atom. The highest BCUT2D eigenvalue weighted by molar-refractivity contribution is 5.85. The topological polar surface area (TPSA) is 88.9 Å². The molecule has 0 aliphatic carbocycles. The van der Waals surface area contributed by atoms with Crippen molar-refractivity contribution < 1.29 is 9.26 Å². The number of hydrogen-bond donors (Lipinski definition) is 2. The Morgan fingerprint density at radius 1 is 1.29 bits per heavy atom. The third-order valence-electron chi connectivity index (χ3n) is 3.70. The van der Waals surface area contributed by atoms with Gasteiger partial charge < -0.3 is 14.6 Å². The van der Waals surface area contributed by atoms with E-state index in [0.717, 1.165) is 22.6 Å². The molecule has 0 bridgehead atoms. The van der Waals surface area contributed by atoms with Crippen LogP contribution in [-0.4, -0.2) is 40.5 Å². The molecule has 0 fully saturated rings. The molecular formula is C16H20ClN5O2. The van der Waals surface area contributed by atoms with Gasteiger partial charge in [-0.15, -0.1) is 12.4 Å². The van der Waals surface area contributed by atoms with Crippen LogP contribution in [0, 0.1) is 0 Å². The largest absolute Gasteiger partial charge is 0.497 e. The molecule has 2 heterocycles. The summed E-state index contributed by atoms with van der Waals surface area (Å²) >= 11 is 0. The number of aromatic amines is 1. The molecule has 0 aliphatic rings. The van der Waals surface area contributed by atoms with Crippen LogP contribution in [0.5, 0.6) is 5.75 Å². The molecule has 0 saturated carbocycles. The van der Waals surface area contributed by atoms with Gasteiger partial charge in [0.2, 0.25) is 0 Å². The first-order valence-corrected chi connectivity index (χ1v) is 7.39. The molecule has 0 saturated heterocycles. The molecule has 7 nitrogen and oxygen atoms in total. The van der Waals surface area contributed by atoms with Crippen LogP contribution in [0.15, 0.2) is 35.0 Å². The molecular weight excluding hydrogens is 330 g/mol. The summed E-state index contributed by atoms with van der Waals surface area (Å²) in [5.41, 5.74) is 2.59. The number of aromatic nitrogens is 4. The second-order valence-corrected chi connectivity index (χ2v) is 5.30. The average Bonchev–Trinajstić information content (AvgIpc) is 3.23. The summed E-state index contributed by atoms with van der Waals surface area (Å²) in [6, 6.07) is 7.99. The lowest BCUT2D eigenvalue weighted by Crippen LogP contribution is -2.24. The summed E-state index contributed by atoms with van der Waals surface area (Å²) in [7, 11) is 3.55. The molecule has 24 heavy (non-hydrogen) atoms. The van der Waals surface area contributed by atoms with E-state index in [-0.39, 0.29) is 18.4 Å². The van der Waals surface area contributed by atoms with Crippen LogP contribution in [-0.2, 0) is 6.42 Å². The molecule has 128 valence electrons. The van der Waals surface area contributed by atoms with Gasteiger partial charge in [0.1, 0.15) is 5.75 Å². The van der Waals surface area contributed by atoms with Crippen molar-refractivity contribution in [2.75, 3.05) is 14.2 Å². The maximum atomic E-state index is 5.39. The van der Waals surface area contributed by atoms with Crippen molar-refractivity contribution in [3.8, 4) is 28.5 Å². The number of likely N-dealkylation sites (N-methyl/N-ethyl adjacent to an activating group) is 1. The van der Waals surface area contributed by atoms with E-state index in [4.69, 9.17) is 9.26 Å². The van der Waals surface area contributed by atoms with Gasteiger partial charge in [-0.1, -0.05) is 5.16 Å². The van der Waals surface area contributed by atoms with Crippen LogP contribution < -0.4 is 10.1 Å². The number of H-pyrrole nitrogens is 1. The maximum Gasteiger partial charge on any atom is 0.261 e. The van der Waals surface area contributed by atoms with Gasteiger partial charge in [-0.3, -0.25) is 5.10 Å². The zero-order chi connectivity index (χ0) is 16.2. The molecule has 0 aliphatic heterocycles. The zero-order valence-electron chi connectivity index (χ0n) is 13.7. The number of rotatable bonds is 6. The molecule has 1 atom stereocenters. The molecule has 1 aromatic carbocycles. The SMILES string of the molecule is CNC(C)Cc1noc(-c2cn[nH]c2-c2ccc(OC)cc2)n1.Cl. The molecule has 3 rings (SSSR count). The number of methoxy groups -OCH3 is 1. The van der Waals surface area contributed by atoms with Crippen LogP contribution in [0.1, 0.15) is 12.7 Å². The first-order chi connectivity index (χ1) is 11.2. The van der Waals surface area contributed by atoms with Crippen molar-refractivity contribution in [3.05, 3.63) is 36.3 Å². The Bertz CT molecular complexity index is 769. The van der Waals surface area contributed by atoms with Crippen molar-refractivity contribution in [3.63, 3.8) is 0 Å². The standard InChI is InChI=1S/C16H19N5O2.ClH/c1-10(17-2)8-14-19-16(23-21-14)13-9-18-20-15(13)11-4-6-12(22-3)7-5-11;/h4-7,9-10,17H,8H2,1-3H3,(H,18,20);1H. The van der Waals surface area contributed by atoms with E-state index in [1.165, 1.54) is 0 Å². The van der Waals surface area contributed by atoms with E-state index in [9.17, 15) is 0 Å². The van der Waals surface area contributed by atoms with Gasteiger partial charge >= 0.3 is 0 Å². The second-order valence-electron chi connectivity index (χ2n) is 5.30. The van der Waals surface area contributed by atoms with Crippen LogP contribution >= 0.6 is 12.4 Å². The van der Waals surface area contributed by atoms with E-state index in [2.05, 4.69) is 32.6 Å². The number of halogens is 1. The third kappa shape index (κ3) is 3.74. The fourth-order valence-corrected chi connectivity index (χ4v) is 2.25. The predicted octanol–water partition coefficient (Wildman–Crippen LogP) is 2.71. The van der Waals surface area contributed by atoms with E-state index < -0.39 is 0 Å². The quantitative estimate of drug-likeness (QED) is 0.711. The smallest absolute Gasteiger partial charge is 0.261 e. The average molecular weight is 350 g/mol. The summed E-state index contributed by atoms with van der Waals surface area (Å²) in [4.78, 5) is 4.46. The van der Waals surface area contributed by atoms with Crippen LogP contribution in [0.25, 0.3) is 22.7 Å². The third-order valence-corrected chi connectivity index (χ3v) is 3.70. The molecule has 3 aromatic rings. The van der Waals surface area contributed by atoms with Gasteiger partial charge in [-0.25, -0.2) is 0 Å². The summed E-state index contributed by atoms with van der Waals surface area (Å²) < 4.78 is 10.6. The summed E-state index contributed by atoms with van der Waals surface area (Å²) in [6.07, 6.45) is 2.40. The van der Waals surface area contributed by atoms with Crippen LogP contribution in [0.3, 0.4) is 0 Å². The molecule has 0 radical (unpaired) electrons. The van der Waals surface area contributed by atoms with Gasteiger partial charge in [-0.2, -0.15) is 10.1 Å². The summed E-state index contributed by atoms with van der Waals surface area (Å²) in [5.74, 6) is 1.93. The van der Waals surface area contributed by atoms with Crippen molar-refractivity contribution in [1.82, 2.24) is 25.7 Å². The summed E-state index contributed by atoms with van der Waals surface area (Å²) in [5, 5.41) is 14.3. The van der Waals surface area contributed by atoms with E-state index >= 15 is 0 Å². The van der Waals surface area contributed by atoms with Gasteiger partial charge in [0, 0.05) is 18.0 Å². The van der Waals surface area contributed by atoms with Crippen molar-refractivity contribution in [1.29, 1.82) is 0 Å². The Balaban J connectivity index is 0.00000208. The lowest BCUT2D eigenvalue weighted by Gasteiger charge is -2.04. The Kier molecular flexibility index (Phi) is 5.94. The predicted molar refractivity (Wildman–Crippen MR) is 93.3 cm³/mol. The minimum Gasteiger partial charge on any atom is -0.497 e. The Labute approximate surface area is 146 Å². The van der Waals surface area contributed by atoms with Gasteiger partial charge in [0.05, 0.1) is 24.6 Å². The minimum absolute atomic E-state index is 0. The minimum atomic E-state index is 0. The van der Waals surface area contributed by atoms with Crippen LogP contribution in [0.4, 0.5) is 0 Å². The first kappa shape index (κ1) is 18.0. The number of benzene rings is 1. The van der Waals surface area contributed by atoms with E-state index in [1.54, 1.807) is 13.3 Å². The molecule has 0 spiro atoms. The lowest BCUT2D eigenvalue weighted by molar-refractivity contribution is 0.415. The van der Waals surface area contributed by atoms with Crippen LogP contribution in [0.2, 0.25) is 0 Å². The van der Waals surface area contributed by atoms with Gasteiger partial charge in [-0.05, 0) is 38.2 Å². The highest BCUT2D eigenvalue weighted by atomic mass is 35.5. The fourth-order valence-electron chi connectivity index (χ4n) is 2.25. The van der Waals surface area contributed by atoms with Crippen molar-refractivity contribution in [2.45, 2.75) is 19.4 Å². The highest BCUT2D eigenvalue weighted by Gasteiger charge is 2.17. The van der Waals surface area contributed by atoms with Gasteiger partial charge in [0.25, 0.3) is 5.89 Å². The van der Waals surface area contributed by atoms with Crippen molar-refractivity contribution >= 4 is 12.4 Å². The molecule has 8 heteroatoms. The molecule has 0 amide bonds.